The molecule has 0 N–H and O–H groups in total. The van der Waals surface area contributed by atoms with Crippen LogP contribution in [0.5, 0.6) is 0 Å². The Bertz CT molecular complexity index is 414. The zero-order valence-corrected chi connectivity index (χ0v) is 13.0. The maximum absolute atomic E-state index is 6.11. The zero-order chi connectivity index (χ0) is 13.2. The van der Waals surface area contributed by atoms with E-state index in [-0.39, 0.29) is 5.41 Å². The first-order valence-corrected chi connectivity index (χ1v) is 10.2. The van der Waals surface area contributed by atoms with Crippen molar-refractivity contribution in [2.24, 2.45) is 5.41 Å². The molecule has 0 spiro atoms. The van der Waals surface area contributed by atoms with Gasteiger partial charge in [-0.15, -0.1) is 0 Å². The van der Waals surface area contributed by atoms with Crippen molar-refractivity contribution < 1.29 is 8.84 Å². The summed E-state index contributed by atoms with van der Waals surface area (Å²) in [7, 11) is -1.45. The van der Waals surface area contributed by atoms with Gasteiger partial charge in [0, 0.05) is 12.8 Å². The van der Waals surface area contributed by atoms with E-state index in [0.717, 1.165) is 25.0 Å². The van der Waals surface area contributed by atoms with E-state index in [1.165, 1.54) is 12.2 Å². The van der Waals surface area contributed by atoms with Crippen LogP contribution in [0.2, 0.25) is 19.6 Å². The normalized spacial score (nSPS) is 24.1. The molecular formula is C15H24O2Si. The van der Waals surface area contributed by atoms with Crippen LogP contribution in [0.1, 0.15) is 31.9 Å². The maximum Gasteiger partial charge on any atom is 0.241 e. The lowest BCUT2D eigenvalue weighted by molar-refractivity contribution is 0.363. The second kappa shape index (κ2) is 4.96. The third-order valence-electron chi connectivity index (χ3n) is 3.41. The van der Waals surface area contributed by atoms with E-state index >= 15 is 0 Å². The molecule has 2 nitrogen and oxygen atoms in total. The molecule has 1 unspecified atom stereocenters. The first kappa shape index (κ1) is 13.5. The lowest BCUT2D eigenvalue weighted by Crippen LogP contribution is -2.24. The van der Waals surface area contributed by atoms with Gasteiger partial charge in [-0.2, -0.15) is 0 Å². The van der Waals surface area contributed by atoms with Crippen LogP contribution in [0.25, 0.3) is 0 Å². The molecule has 0 saturated heterocycles. The first-order chi connectivity index (χ1) is 8.36. The third kappa shape index (κ3) is 3.77. The van der Waals surface area contributed by atoms with Crippen LogP contribution in [0.15, 0.2) is 34.6 Å². The van der Waals surface area contributed by atoms with Gasteiger partial charge >= 0.3 is 0 Å². The van der Waals surface area contributed by atoms with E-state index < -0.39 is 8.32 Å². The molecule has 0 radical (unpaired) electrons. The highest BCUT2D eigenvalue weighted by atomic mass is 28.4. The molecule has 0 bridgehead atoms. The van der Waals surface area contributed by atoms with Crippen molar-refractivity contribution in [1.82, 2.24) is 0 Å². The number of furan rings is 1. The van der Waals surface area contributed by atoms with Crippen LogP contribution >= 0.6 is 0 Å². The van der Waals surface area contributed by atoms with E-state index in [4.69, 9.17) is 8.84 Å². The summed E-state index contributed by atoms with van der Waals surface area (Å²) in [5.41, 5.74) is 0.280. The van der Waals surface area contributed by atoms with Crippen LogP contribution in [-0.2, 0) is 10.8 Å². The number of rotatable bonds is 5. The molecule has 0 saturated carbocycles. The lowest BCUT2D eigenvalue weighted by atomic mass is 9.85. The van der Waals surface area contributed by atoms with Crippen molar-refractivity contribution in [3.8, 4) is 0 Å². The van der Waals surface area contributed by atoms with Crippen molar-refractivity contribution in [2.75, 3.05) is 0 Å². The Labute approximate surface area is 111 Å². The topological polar surface area (TPSA) is 22.4 Å². The fraction of sp³-hybridized carbons (Fsp3) is 0.600. The van der Waals surface area contributed by atoms with Crippen LogP contribution in [-0.4, -0.2) is 8.32 Å². The van der Waals surface area contributed by atoms with Crippen molar-refractivity contribution in [2.45, 2.75) is 52.2 Å². The molecule has 1 atom stereocenters. The van der Waals surface area contributed by atoms with Gasteiger partial charge in [0.05, 0.1) is 12.0 Å². The minimum Gasteiger partial charge on any atom is -0.548 e. The molecule has 1 aromatic rings. The van der Waals surface area contributed by atoms with Gasteiger partial charge in [-0.1, -0.05) is 6.92 Å². The van der Waals surface area contributed by atoms with Crippen molar-refractivity contribution in [3.63, 3.8) is 0 Å². The van der Waals surface area contributed by atoms with Crippen LogP contribution in [0.4, 0.5) is 0 Å². The van der Waals surface area contributed by atoms with E-state index in [1.54, 1.807) is 6.26 Å². The smallest absolute Gasteiger partial charge is 0.241 e. The average Bonchev–Trinajstić information content (AvgIpc) is 2.84. The predicted octanol–water partition coefficient (Wildman–Crippen LogP) is 4.75. The molecule has 1 aliphatic carbocycles. The Morgan fingerprint density at radius 1 is 1.39 bits per heavy atom. The minimum atomic E-state index is -1.45. The Morgan fingerprint density at radius 2 is 2.17 bits per heavy atom. The monoisotopic (exact) mass is 264 g/mol. The molecule has 1 aromatic heterocycles. The van der Waals surface area contributed by atoms with Gasteiger partial charge in [0.2, 0.25) is 8.32 Å². The Kier molecular flexibility index (Phi) is 3.71. The van der Waals surface area contributed by atoms with Gasteiger partial charge in [0.25, 0.3) is 0 Å². The fourth-order valence-electron chi connectivity index (χ4n) is 2.48. The third-order valence-corrected chi connectivity index (χ3v) is 4.29. The van der Waals surface area contributed by atoms with Gasteiger partial charge in [-0.3, -0.25) is 0 Å². The molecule has 0 aromatic carbocycles. The van der Waals surface area contributed by atoms with Gasteiger partial charge in [0.1, 0.15) is 5.76 Å². The Hall–Kier alpha value is -0.963. The van der Waals surface area contributed by atoms with Crippen molar-refractivity contribution in [3.05, 3.63) is 36.0 Å². The summed E-state index contributed by atoms with van der Waals surface area (Å²) in [4.78, 5) is 0. The molecule has 1 aliphatic rings. The molecule has 3 heteroatoms. The fourth-order valence-corrected chi connectivity index (χ4v) is 3.42. The summed E-state index contributed by atoms with van der Waals surface area (Å²) < 4.78 is 11.5. The number of hydrogen-bond acceptors (Lipinski definition) is 2. The average molecular weight is 264 g/mol. The van der Waals surface area contributed by atoms with Crippen LogP contribution in [0, 0.1) is 5.41 Å². The lowest BCUT2D eigenvalue weighted by Gasteiger charge is -2.21. The SMILES string of the molecule is CC1(CCc2ccco2)C=C(O[Si](C)(C)C)CC1. The van der Waals surface area contributed by atoms with E-state index in [9.17, 15) is 0 Å². The number of aryl methyl sites for hydroxylation is 1. The van der Waals surface area contributed by atoms with E-state index in [0.29, 0.717) is 0 Å². The van der Waals surface area contributed by atoms with Crippen molar-refractivity contribution in [1.29, 1.82) is 0 Å². The molecule has 2 rings (SSSR count). The second-order valence-corrected chi connectivity index (χ2v) is 11.0. The van der Waals surface area contributed by atoms with Crippen molar-refractivity contribution >= 4 is 8.32 Å². The standard InChI is InChI=1S/C15H24O2Si/c1-15(9-7-13-6-5-11-16-13)10-8-14(12-15)17-18(2,3)4/h5-6,11-12H,7-10H2,1-4H3. The summed E-state index contributed by atoms with van der Waals surface area (Å²) in [6.45, 7) is 9.06. The predicted molar refractivity (Wildman–Crippen MR) is 76.9 cm³/mol. The minimum absolute atomic E-state index is 0.280. The quantitative estimate of drug-likeness (QED) is 0.716. The first-order valence-electron chi connectivity index (χ1n) is 6.79. The molecule has 0 fully saturated rings. The summed E-state index contributed by atoms with van der Waals surface area (Å²) in [6.07, 6.45) is 8.56. The molecule has 1 heterocycles. The Morgan fingerprint density at radius 3 is 2.78 bits per heavy atom. The molecular weight excluding hydrogens is 240 g/mol. The van der Waals surface area contributed by atoms with Crippen LogP contribution in [0.3, 0.4) is 0 Å². The summed E-state index contributed by atoms with van der Waals surface area (Å²) >= 11 is 0. The van der Waals surface area contributed by atoms with Gasteiger partial charge in [0.15, 0.2) is 0 Å². The van der Waals surface area contributed by atoms with E-state index in [1.807, 2.05) is 6.07 Å². The second-order valence-electron chi connectivity index (χ2n) is 6.56. The van der Waals surface area contributed by atoms with Gasteiger partial charge in [-0.05, 0) is 56.1 Å². The zero-order valence-electron chi connectivity index (χ0n) is 12.0. The summed E-state index contributed by atoms with van der Waals surface area (Å²) in [6, 6.07) is 4.02. The highest BCUT2D eigenvalue weighted by Crippen LogP contribution is 2.40. The molecule has 100 valence electrons. The Balaban J connectivity index is 1.92. The molecule has 18 heavy (non-hydrogen) atoms. The maximum atomic E-state index is 6.11. The summed E-state index contributed by atoms with van der Waals surface area (Å²) in [5, 5.41) is 0. The number of hydrogen-bond donors (Lipinski definition) is 0. The largest absolute Gasteiger partial charge is 0.548 e. The van der Waals surface area contributed by atoms with Crippen LogP contribution < -0.4 is 0 Å². The molecule has 0 amide bonds. The van der Waals surface area contributed by atoms with Gasteiger partial charge in [-0.25, -0.2) is 0 Å². The molecule has 0 aliphatic heterocycles. The number of allylic oxidation sites excluding steroid dienone is 2. The van der Waals surface area contributed by atoms with E-state index in [2.05, 4.69) is 38.7 Å². The summed E-state index contributed by atoms with van der Waals surface area (Å²) in [5.74, 6) is 2.31. The highest BCUT2D eigenvalue weighted by Gasteiger charge is 2.31. The van der Waals surface area contributed by atoms with Gasteiger partial charge < -0.3 is 8.84 Å². The highest BCUT2D eigenvalue weighted by molar-refractivity contribution is 6.70.